The molecule has 0 bridgehead atoms. The van der Waals surface area contributed by atoms with Gasteiger partial charge in [0.05, 0.1) is 11.4 Å². The molecule has 1 heterocycles. The molecule has 0 aliphatic heterocycles. The van der Waals surface area contributed by atoms with Gasteiger partial charge < -0.3 is 10.5 Å². The summed E-state index contributed by atoms with van der Waals surface area (Å²) in [5, 5.41) is 4.19. The van der Waals surface area contributed by atoms with Gasteiger partial charge in [-0.2, -0.15) is 5.10 Å². The van der Waals surface area contributed by atoms with Gasteiger partial charge >= 0.3 is 5.97 Å². The molecule has 2 N–H and O–H groups in total. The SMILES string of the molecule is CCn1nc(C)c(N)c1C(=O)OC1CCC1. The van der Waals surface area contributed by atoms with Crippen molar-refractivity contribution in [3.63, 3.8) is 0 Å². The number of aryl methyl sites for hydroxylation is 2. The predicted octanol–water partition coefficient (Wildman–Crippen LogP) is 1.50. The van der Waals surface area contributed by atoms with Crippen LogP contribution in [0.5, 0.6) is 0 Å². The molecule has 0 atom stereocenters. The number of esters is 1. The Morgan fingerprint density at radius 1 is 1.62 bits per heavy atom. The highest BCUT2D eigenvalue weighted by atomic mass is 16.5. The van der Waals surface area contributed by atoms with Gasteiger partial charge in [-0.05, 0) is 33.1 Å². The zero-order valence-electron chi connectivity index (χ0n) is 9.69. The van der Waals surface area contributed by atoms with Crippen LogP contribution in [0.15, 0.2) is 0 Å². The molecule has 2 rings (SSSR count). The van der Waals surface area contributed by atoms with Crippen LogP contribution in [-0.2, 0) is 11.3 Å². The average molecular weight is 223 g/mol. The first-order valence-electron chi connectivity index (χ1n) is 5.67. The summed E-state index contributed by atoms with van der Waals surface area (Å²) in [5.41, 5.74) is 7.35. The lowest BCUT2D eigenvalue weighted by Crippen LogP contribution is -2.26. The van der Waals surface area contributed by atoms with E-state index in [1.165, 1.54) is 0 Å². The molecule has 1 fully saturated rings. The van der Waals surface area contributed by atoms with E-state index in [1.54, 1.807) is 11.6 Å². The molecule has 1 aromatic rings. The Labute approximate surface area is 94.6 Å². The first-order valence-corrected chi connectivity index (χ1v) is 5.67. The third kappa shape index (κ3) is 1.77. The summed E-state index contributed by atoms with van der Waals surface area (Å²) >= 11 is 0. The molecule has 88 valence electrons. The van der Waals surface area contributed by atoms with E-state index in [1.807, 2.05) is 6.92 Å². The van der Waals surface area contributed by atoms with Crippen LogP contribution in [0.25, 0.3) is 0 Å². The number of nitrogens with zero attached hydrogens (tertiary/aromatic N) is 2. The number of anilines is 1. The first-order chi connectivity index (χ1) is 7.63. The maximum Gasteiger partial charge on any atom is 0.359 e. The van der Waals surface area contributed by atoms with E-state index in [9.17, 15) is 4.79 Å². The Morgan fingerprint density at radius 2 is 2.31 bits per heavy atom. The molecular formula is C11H17N3O2. The van der Waals surface area contributed by atoms with Crippen LogP contribution in [0.1, 0.15) is 42.4 Å². The van der Waals surface area contributed by atoms with Gasteiger partial charge in [-0.15, -0.1) is 0 Å². The molecule has 0 radical (unpaired) electrons. The number of nitrogen functional groups attached to an aromatic ring is 1. The van der Waals surface area contributed by atoms with Crippen molar-refractivity contribution in [1.29, 1.82) is 0 Å². The number of ether oxygens (including phenoxy) is 1. The number of aromatic nitrogens is 2. The van der Waals surface area contributed by atoms with E-state index >= 15 is 0 Å². The van der Waals surface area contributed by atoms with Gasteiger partial charge in [0.25, 0.3) is 0 Å². The molecule has 1 saturated carbocycles. The molecule has 5 heteroatoms. The van der Waals surface area contributed by atoms with Crippen molar-refractivity contribution in [2.24, 2.45) is 0 Å². The van der Waals surface area contributed by atoms with Crippen LogP contribution in [0.4, 0.5) is 5.69 Å². The van der Waals surface area contributed by atoms with Gasteiger partial charge in [-0.25, -0.2) is 4.79 Å². The largest absolute Gasteiger partial charge is 0.458 e. The molecular weight excluding hydrogens is 206 g/mol. The Hall–Kier alpha value is -1.52. The molecule has 1 aliphatic rings. The number of nitrogens with two attached hydrogens (primary N) is 1. The lowest BCUT2D eigenvalue weighted by Gasteiger charge is -2.25. The minimum absolute atomic E-state index is 0.0763. The molecule has 0 aromatic carbocycles. The predicted molar refractivity (Wildman–Crippen MR) is 60.1 cm³/mol. The second-order valence-corrected chi connectivity index (χ2v) is 4.12. The van der Waals surface area contributed by atoms with E-state index < -0.39 is 0 Å². The molecule has 1 aliphatic carbocycles. The molecule has 0 spiro atoms. The standard InChI is InChI=1S/C11H17N3O2/c1-3-14-10(9(12)7(2)13-14)11(15)16-8-5-4-6-8/h8H,3-6,12H2,1-2H3. The molecule has 0 amide bonds. The minimum atomic E-state index is -0.343. The van der Waals surface area contributed by atoms with Crippen molar-refractivity contribution in [2.75, 3.05) is 5.73 Å². The van der Waals surface area contributed by atoms with Crippen molar-refractivity contribution in [3.05, 3.63) is 11.4 Å². The number of carbonyl (C=O) groups excluding carboxylic acids is 1. The van der Waals surface area contributed by atoms with Gasteiger partial charge in [0.2, 0.25) is 0 Å². The fourth-order valence-corrected chi connectivity index (χ4v) is 1.74. The Bertz CT molecular complexity index is 408. The smallest absolute Gasteiger partial charge is 0.359 e. The number of carbonyl (C=O) groups is 1. The number of hydrogen-bond acceptors (Lipinski definition) is 4. The summed E-state index contributed by atoms with van der Waals surface area (Å²) in [6.45, 7) is 4.33. The zero-order valence-corrected chi connectivity index (χ0v) is 9.69. The maximum atomic E-state index is 11.9. The van der Waals surface area contributed by atoms with Gasteiger partial charge in [0.15, 0.2) is 5.69 Å². The zero-order chi connectivity index (χ0) is 11.7. The van der Waals surface area contributed by atoms with Crippen molar-refractivity contribution in [3.8, 4) is 0 Å². The van der Waals surface area contributed by atoms with E-state index in [0.29, 0.717) is 23.6 Å². The fourth-order valence-electron chi connectivity index (χ4n) is 1.74. The van der Waals surface area contributed by atoms with Gasteiger partial charge in [0.1, 0.15) is 6.10 Å². The average Bonchev–Trinajstić information content (AvgIpc) is 2.49. The Morgan fingerprint density at radius 3 is 2.81 bits per heavy atom. The molecule has 5 nitrogen and oxygen atoms in total. The fraction of sp³-hybridized carbons (Fsp3) is 0.636. The summed E-state index contributed by atoms with van der Waals surface area (Å²) in [6.07, 6.45) is 3.14. The molecule has 0 unspecified atom stereocenters. The van der Waals surface area contributed by atoms with E-state index in [4.69, 9.17) is 10.5 Å². The molecule has 16 heavy (non-hydrogen) atoms. The van der Waals surface area contributed by atoms with Crippen LogP contribution < -0.4 is 5.73 Å². The van der Waals surface area contributed by atoms with Crippen molar-refractivity contribution < 1.29 is 9.53 Å². The molecule has 0 saturated heterocycles. The number of hydrogen-bond donors (Lipinski definition) is 1. The van der Waals surface area contributed by atoms with Gasteiger partial charge in [-0.1, -0.05) is 0 Å². The summed E-state index contributed by atoms with van der Waals surface area (Å²) in [4.78, 5) is 11.9. The second kappa shape index (κ2) is 4.15. The quantitative estimate of drug-likeness (QED) is 0.788. The van der Waals surface area contributed by atoms with E-state index in [-0.39, 0.29) is 12.1 Å². The summed E-state index contributed by atoms with van der Waals surface area (Å²) in [7, 11) is 0. The monoisotopic (exact) mass is 223 g/mol. The topological polar surface area (TPSA) is 70.1 Å². The van der Waals surface area contributed by atoms with Crippen LogP contribution >= 0.6 is 0 Å². The Balaban J connectivity index is 2.20. The van der Waals surface area contributed by atoms with E-state index in [0.717, 1.165) is 19.3 Å². The van der Waals surface area contributed by atoms with Gasteiger partial charge in [0, 0.05) is 6.54 Å². The lowest BCUT2D eigenvalue weighted by atomic mass is 9.96. The highest BCUT2D eigenvalue weighted by Crippen LogP contribution is 2.25. The highest BCUT2D eigenvalue weighted by Gasteiger charge is 2.26. The third-order valence-electron chi connectivity index (χ3n) is 2.99. The highest BCUT2D eigenvalue weighted by molar-refractivity contribution is 5.93. The molecule has 1 aromatic heterocycles. The van der Waals surface area contributed by atoms with Crippen molar-refractivity contribution in [2.45, 2.75) is 45.8 Å². The van der Waals surface area contributed by atoms with Gasteiger partial charge in [-0.3, -0.25) is 4.68 Å². The van der Waals surface area contributed by atoms with Crippen LogP contribution in [-0.4, -0.2) is 21.9 Å². The van der Waals surface area contributed by atoms with Crippen molar-refractivity contribution in [1.82, 2.24) is 9.78 Å². The minimum Gasteiger partial charge on any atom is -0.458 e. The van der Waals surface area contributed by atoms with Crippen LogP contribution in [0.3, 0.4) is 0 Å². The summed E-state index contributed by atoms with van der Waals surface area (Å²) < 4.78 is 6.93. The van der Waals surface area contributed by atoms with Crippen molar-refractivity contribution >= 4 is 11.7 Å². The third-order valence-corrected chi connectivity index (χ3v) is 2.99. The first kappa shape index (κ1) is 11.0. The number of rotatable bonds is 3. The Kier molecular flexibility index (Phi) is 2.85. The van der Waals surface area contributed by atoms with E-state index in [2.05, 4.69) is 5.10 Å². The summed E-state index contributed by atoms with van der Waals surface area (Å²) in [5.74, 6) is -0.343. The van der Waals surface area contributed by atoms with Crippen LogP contribution in [0, 0.1) is 6.92 Å². The normalized spacial score (nSPS) is 15.9. The summed E-state index contributed by atoms with van der Waals surface area (Å²) in [6, 6.07) is 0. The van der Waals surface area contributed by atoms with Crippen LogP contribution in [0.2, 0.25) is 0 Å². The second-order valence-electron chi connectivity index (χ2n) is 4.12. The lowest BCUT2D eigenvalue weighted by molar-refractivity contribution is 0.00785. The maximum absolute atomic E-state index is 11.9.